The number of hydrogen-bond acceptors (Lipinski definition) is 4. The Morgan fingerprint density at radius 1 is 1.17 bits per heavy atom. The summed E-state index contributed by atoms with van der Waals surface area (Å²) in [5.41, 5.74) is -1.52. The zero-order valence-corrected chi connectivity index (χ0v) is 16.1. The molecule has 5 rings (SSSR count). The molecule has 0 aromatic heterocycles. The molecule has 4 bridgehead atoms. The number of rotatable bonds is 5. The van der Waals surface area contributed by atoms with Crippen LogP contribution < -0.4 is 5.32 Å². The molecule has 2 unspecified atom stereocenters. The fourth-order valence-corrected chi connectivity index (χ4v) is 6.06. The molecule has 0 saturated heterocycles. The van der Waals surface area contributed by atoms with E-state index in [-0.39, 0.29) is 11.8 Å². The Kier molecular flexibility index (Phi) is 4.88. The van der Waals surface area contributed by atoms with E-state index < -0.39 is 46.7 Å². The van der Waals surface area contributed by atoms with E-state index in [1.54, 1.807) is 0 Å². The SMILES string of the molecule is C[C@@H](OC(=O)CC12C[C@@H]3C[C@@H](CC(O)(C3)C1)C2)C(=O)Nc1ccc(F)c(F)c1F. The van der Waals surface area contributed by atoms with Gasteiger partial charge in [0.2, 0.25) is 0 Å². The van der Waals surface area contributed by atoms with Crippen LogP contribution in [0.5, 0.6) is 0 Å². The van der Waals surface area contributed by atoms with Crippen molar-refractivity contribution >= 4 is 17.6 Å². The molecular formula is C21H24F3NO4. The molecule has 1 aromatic carbocycles. The quantitative estimate of drug-likeness (QED) is 0.572. The predicted octanol–water partition coefficient (Wildman–Crippen LogP) is 3.70. The number of hydrogen-bond donors (Lipinski definition) is 2. The van der Waals surface area contributed by atoms with Crippen molar-refractivity contribution in [2.24, 2.45) is 17.3 Å². The Hall–Kier alpha value is -2.09. The zero-order valence-electron chi connectivity index (χ0n) is 16.1. The fraction of sp³-hybridized carbons (Fsp3) is 0.619. The second kappa shape index (κ2) is 7.00. The van der Waals surface area contributed by atoms with Gasteiger partial charge in [-0.05, 0) is 74.8 Å². The number of halogens is 3. The maximum Gasteiger partial charge on any atom is 0.307 e. The lowest BCUT2D eigenvalue weighted by molar-refractivity contribution is -0.179. The normalized spacial score (nSPS) is 33.4. The van der Waals surface area contributed by atoms with E-state index in [0.717, 1.165) is 38.2 Å². The van der Waals surface area contributed by atoms with Gasteiger partial charge in [-0.25, -0.2) is 13.2 Å². The van der Waals surface area contributed by atoms with Gasteiger partial charge >= 0.3 is 5.97 Å². The van der Waals surface area contributed by atoms with E-state index in [1.807, 2.05) is 0 Å². The van der Waals surface area contributed by atoms with Crippen LogP contribution in [0.3, 0.4) is 0 Å². The first-order chi connectivity index (χ1) is 13.6. The highest BCUT2D eigenvalue weighted by Crippen LogP contribution is 2.62. The third-order valence-electron chi connectivity index (χ3n) is 6.64. The Balaban J connectivity index is 1.36. The number of carbonyl (C=O) groups is 2. The average Bonchev–Trinajstić information content (AvgIpc) is 2.59. The van der Waals surface area contributed by atoms with E-state index >= 15 is 0 Å². The molecule has 0 radical (unpaired) electrons. The lowest BCUT2D eigenvalue weighted by atomic mass is 9.47. The molecule has 4 saturated carbocycles. The standard InChI is InChI=1S/C21H24F3NO4/c1-11(19(27)25-15-3-2-14(22)17(23)18(15)24)29-16(26)9-20-5-12-4-13(6-20)8-21(28,7-12)10-20/h2-3,11-13,28H,4-10H2,1H3,(H,25,27)/t11-,12-,13+,20?,21?/m1/s1. The number of amides is 1. The first-order valence-electron chi connectivity index (χ1n) is 9.94. The van der Waals surface area contributed by atoms with Gasteiger partial charge in [0.15, 0.2) is 23.6 Å². The maximum absolute atomic E-state index is 13.7. The molecule has 4 fully saturated rings. The van der Waals surface area contributed by atoms with E-state index in [2.05, 4.69) is 5.32 Å². The summed E-state index contributed by atoms with van der Waals surface area (Å²) in [5.74, 6) is -5.11. The van der Waals surface area contributed by atoms with Gasteiger partial charge < -0.3 is 15.2 Å². The van der Waals surface area contributed by atoms with Crippen molar-refractivity contribution < 1.29 is 32.6 Å². The molecule has 0 aliphatic heterocycles. The van der Waals surface area contributed by atoms with Gasteiger partial charge in [0, 0.05) is 0 Å². The monoisotopic (exact) mass is 411 g/mol. The Morgan fingerprint density at radius 3 is 2.45 bits per heavy atom. The summed E-state index contributed by atoms with van der Waals surface area (Å²) in [4.78, 5) is 24.7. The number of nitrogens with one attached hydrogen (secondary N) is 1. The zero-order chi connectivity index (χ0) is 21.0. The molecular weight excluding hydrogens is 387 g/mol. The molecule has 158 valence electrons. The fourth-order valence-electron chi connectivity index (χ4n) is 6.06. The molecule has 0 spiro atoms. The van der Waals surface area contributed by atoms with Crippen molar-refractivity contribution in [1.29, 1.82) is 0 Å². The van der Waals surface area contributed by atoms with Crippen LogP contribution in [0.25, 0.3) is 0 Å². The van der Waals surface area contributed by atoms with Crippen LogP contribution >= 0.6 is 0 Å². The maximum atomic E-state index is 13.7. The van der Waals surface area contributed by atoms with Crippen LogP contribution in [0.2, 0.25) is 0 Å². The smallest absolute Gasteiger partial charge is 0.307 e. The van der Waals surface area contributed by atoms with Crippen LogP contribution in [0, 0.1) is 34.7 Å². The van der Waals surface area contributed by atoms with Crippen molar-refractivity contribution in [3.63, 3.8) is 0 Å². The van der Waals surface area contributed by atoms with Crippen LogP contribution in [0.15, 0.2) is 12.1 Å². The summed E-state index contributed by atoms with van der Waals surface area (Å²) in [6.07, 6.45) is 3.90. The van der Waals surface area contributed by atoms with Gasteiger partial charge in [0.05, 0.1) is 17.7 Å². The largest absolute Gasteiger partial charge is 0.453 e. The number of anilines is 1. The van der Waals surface area contributed by atoms with Crippen LogP contribution in [-0.4, -0.2) is 28.7 Å². The highest BCUT2D eigenvalue weighted by atomic mass is 19.2. The highest BCUT2D eigenvalue weighted by Gasteiger charge is 2.57. The van der Waals surface area contributed by atoms with Crippen LogP contribution in [-0.2, 0) is 14.3 Å². The minimum atomic E-state index is -1.69. The summed E-state index contributed by atoms with van der Waals surface area (Å²) in [6, 6.07) is 1.60. The number of aliphatic hydroxyl groups is 1. The molecule has 1 amide bonds. The second-order valence-electron chi connectivity index (χ2n) is 9.21. The average molecular weight is 411 g/mol. The van der Waals surface area contributed by atoms with Crippen LogP contribution in [0.1, 0.15) is 51.9 Å². The second-order valence-corrected chi connectivity index (χ2v) is 9.21. The van der Waals surface area contributed by atoms with Crippen molar-refractivity contribution in [3.8, 4) is 0 Å². The van der Waals surface area contributed by atoms with Gasteiger partial charge in [-0.15, -0.1) is 0 Å². The molecule has 2 N–H and O–H groups in total. The van der Waals surface area contributed by atoms with Crippen molar-refractivity contribution in [2.45, 2.75) is 63.6 Å². The summed E-state index contributed by atoms with van der Waals surface area (Å²) in [6.45, 7) is 1.33. The third kappa shape index (κ3) is 3.86. The highest BCUT2D eigenvalue weighted by molar-refractivity contribution is 5.95. The summed E-state index contributed by atoms with van der Waals surface area (Å²) >= 11 is 0. The third-order valence-corrected chi connectivity index (χ3v) is 6.64. The van der Waals surface area contributed by atoms with E-state index in [4.69, 9.17) is 4.74 Å². The first-order valence-corrected chi connectivity index (χ1v) is 9.94. The minimum absolute atomic E-state index is 0.124. The number of esters is 1. The van der Waals surface area contributed by atoms with Gasteiger partial charge in [-0.3, -0.25) is 9.59 Å². The Morgan fingerprint density at radius 2 is 1.83 bits per heavy atom. The predicted molar refractivity (Wildman–Crippen MR) is 97.2 cm³/mol. The Bertz CT molecular complexity index is 845. The molecule has 0 heterocycles. The molecule has 5 atom stereocenters. The Labute approximate surface area is 166 Å². The summed E-state index contributed by atoms with van der Waals surface area (Å²) in [5, 5.41) is 12.9. The number of benzene rings is 1. The van der Waals surface area contributed by atoms with Crippen molar-refractivity contribution in [1.82, 2.24) is 0 Å². The van der Waals surface area contributed by atoms with Gasteiger partial charge in [-0.1, -0.05) is 0 Å². The lowest BCUT2D eigenvalue weighted by Gasteiger charge is -2.60. The molecule has 5 nitrogen and oxygen atoms in total. The van der Waals surface area contributed by atoms with Crippen molar-refractivity contribution in [3.05, 3.63) is 29.6 Å². The molecule has 29 heavy (non-hydrogen) atoms. The number of ether oxygens (including phenoxy) is 1. The van der Waals surface area contributed by atoms with E-state index in [0.29, 0.717) is 24.3 Å². The van der Waals surface area contributed by atoms with Crippen LogP contribution in [0.4, 0.5) is 18.9 Å². The van der Waals surface area contributed by atoms with Gasteiger partial charge in [-0.2, -0.15) is 0 Å². The minimum Gasteiger partial charge on any atom is -0.453 e. The van der Waals surface area contributed by atoms with Gasteiger partial charge in [0.1, 0.15) is 0 Å². The topological polar surface area (TPSA) is 75.6 Å². The van der Waals surface area contributed by atoms with E-state index in [1.165, 1.54) is 6.92 Å². The first kappa shape index (κ1) is 20.2. The van der Waals surface area contributed by atoms with E-state index in [9.17, 15) is 27.9 Å². The van der Waals surface area contributed by atoms with Crippen molar-refractivity contribution in [2.75, 3.05) is 5.32 Å². The molecule has 4 aliphatic carbocycles. The number of carbonyl (C=O) groups excluding carboxylic acids is 2. The molecule has 1 aromatic rings. The van der Waals surface area contributed by atoms with Gasteiger partial charge in [0.25, 0.3) is 5.91 Å². The molecule has 8 heteroatoms. The summed E-state index contributed by atoms with van der Waals surface area (Å²) < 4.78 is 45.2. The lowest BCUT2D eigenvalue weighted by Crippen LogP contribution is -2.56. The summed E-state index contributed by atoms with van der Waals surface area (Å²) in [7, 11) is 0. The molecule has 4 aliphatic rings.